The average molecular weight is 268 g/mol. The van der Waals surface area contributed by atoms with Crippen molar-refractivity contribution in [3.8, 4) is 0 Å². The minimum atomic E-state index is 0.410. The van der Waals surface area contributed by atoms with E-state index in [1.807, 2.05) is 13.1 Å². The Morgan fingerprint density at radius 2 is 2.15 bits per heavy atom. The van der Waals surface area contributed by atoms with Crippen LogP contribution in [0, 0.1) is 6.92 Å². The molecule has 1 aliphatic heterocycles. The lowest BCUT2D eigenvalue weighted by atomic mass is 9.97. The van der Waals surface area contributed by atoms with Gasteiger partial charge in [-0.05, 0) is 38.3 Å². The van der Waals surface area contributed by atoms with Gasteiger partial charge < -0.3 is 10.6 Å². The quantitative estimate of drug-likeness (QED) is 0.910. The summed E-state index contributed by atoms with van der Waals surface area (Å²) in [4.78, 5) is 11.4. The van der Waals surface area contributed by atoms with Gasteiger partial charge in [0.1, 0.15) is 0 Å². The summed E-state index contributed by atoms with van der Waals surface area (Å²) in [7, 11) is 0. The molecular formula is C16H20N4. The fourth-order valence-electron chi connectivity index (χ4n) is 2.79. The average Bonchev–Trinajstić information content (AvgIpc) is 2.47. The van der Waals surface area contributed by atoms with Gasteiger partial charge in [-0.25, -0.2) is 9.97 Å². The number of aryl methyl sites for hydroxylation is 2. The van der Waals surface area contributed by atoms with E-state index in [1.54, 1.807) is 0 Å². The summed E-state index contributed by atoms with van der Waals surface area (Å²) < 4.78 is 0. The molecule has 0 radical (unpaired) electrons. The number of para-hydroxylation sites is 1. The van der Waals surface area contributed by atoms with Crippen LogP contribution >= 0.6 is 0 Å². The van der Waals surface area contributed by atoms with Crippen LogP contribution in [-0.2, 0) is 13.0 Å². The summed E-state index contributed by atoms with van der Waals surface area (Å²) in [6, 6.07) is 8.92. The van der Waals surface area contributed by atoms with Crippen molar-refractivity contribution in [2.24, 2.45) is 5.73 Å². The van der Waals surface area contributed by atoms with Crippen LogP contribution in [0.2, 0.25) is 0 Å². The van der Waals surface area contributed by atoms with Crippen LogP contribution in [0.15, 0.2) is 30.5 Å². The molecule has 0 saturated carbocycles. The first kappa shape index (κ1) is 13.1. The highest BCUT2D eigenvalue weighted by atomic mass is 15.3. The maximum atomic E-state index is 5.69. The third-order valence-corrected chi connectivity index (χ3v) is 4.03. The lowest BCUT2D eigenvalue weighted by Crippen LogP contribution is -2.34. The van der Waals surface area contributed by atoms with E-state index < -0.39 is 0 Å². The molecule has 104 valence electrons. The highest BCUT2D eigenvalue weighted by Crippen LogP contribution is 2.34. The molecule has 0 saturated heterocycles. The second-order valence-corrected chi connectivity index (χ2v) is 5.37. The number of hydrogen-bond donors (Lipinski definition) is 1. The predicted molar refractivity (Wildman–Crippen MR) is 81.0 cm³/mol. The second kappa shape index (κ2) is 5.21. The van der Waals surface area contributed by atoms with E-state index in [0.717, 1.165) is 30.0 Å². The van der Waals surface area contributed by atoms with Crippen LogP contribution < -0.4 is 10.6 Å². The van der Waals surface area contributed by atoms with Gasteiger partial charge in [0.15, 0.2) is 0 Å². The number of rotatable bonds is 2. The van der Waals surface area contributed by atoms with Crippen molar-refractivity contribution in [2.75, 3.05) is 4.90 Å². The van der Waals surface area contributed by atoms with Crippen molar-refractivity contribution in [3.05, 3.63) is 47.3 Å². The Morgan fingerprint density at radius 3 is 2.90 bits per heavy atom. The van der Waals surface area contributed by atoms with Gasteiger partial charge in [0.2, 0.25) is 5.95 Å². The number of nitrogens with two attached hydrogens (primary N) is 1. The number of nitrogens with zero attached hydrogens (tertiary/aromatic N) is 3. The smallest absolute Gasteiger partial charge is 0.230 e. The molecule has 3 rings (SSSR count). The van der Waals surface area contributed by atoms with Crippen LogP contribution in [0.3, 0.4) is 0 Å². The molecule has 1 aliphatic rings. The Bertz CT molecular complexity index is 624. The van der Waals surface area contributed by atoms with Crippen molar-refractivity contribution in [1.29, 1.82) is 0 Å². The number of hydrogen-bond acceptors (Lipinski definition) is 4. The van der Waals surface area contributed by atoms with Gasteiger partial charge in [-0.15, -0.1) is 0 Å². The Balaban J connectivity index is 2.07. The van der Waals surface area contributed by atoms with Crippen LogP contribution in [0.25, 0.3) is 0 Å². The molecule has 0 bridgehead atoms. The predicted octanol–water partition coefficient (Wildman–Crippen LogP) is 2.72. The van der Waals surface area contributed by atoms with E-state index in [-0.39, 0.29) is 0 Å². The first-order chi connectivity index (χ1) is 9.70. The van der Waals surface area contributed by atoms with Crippen molar-refractivity contribution in [1.82, 2.24) is 9.97 Å². The fourth-order valence-corrected chi connectivity index (χ4v) is 2.79. The molecule has 1 aromatic heterocycles. The molecular weight excluding hydrogens is 248 g/mol. The lowest BCUT2D eigenvalue weighted by molar-refractivity contribution is 0.606. The number of aromatic nitrogens is 2. The van der Waals surface area contributed by atoms with Gasteiger partial charge in [-0.1, -0.05) is 18.2 Å². The Hall–Kier alpha value is -1.94. The molecule has 2 N–H and O–H groups in total. The molecule has 0 spiro atoms. The van der Waals surface area contributed by atoms with Crippen LogP contribution in [-0.4, -0.2) is 16.0 Å². The molecule has 1 unspecified atom stereocenters. The van der Waals surface area contributed by atoms with Crippen LogP contribution in [0.4, 0.5) is 11.6 Å². The highest BCUT2D eigenvalue weighted by molar-refractivity contribution is 5.64. The van der Waals surface area contributed by atoms with Crippen molar-refractivity contribution >= 4 is 11.6 Å². The number of anilines is 2. The van der Waals surface area contributed by atoms with Crippen molar-refractivity contribution < 1.29 is 0 Å². The zero-order valence-electron chi connectivity index (χ0n) is 12.0. The standard InChI is InChI=1S/C16H20N4/c1-11-7-8-13-5-3-4-6-15(13)20(11)16-18-10-14(9-17)12(2)19-16/h3-6,10-11H,7-9,17H2,1-2H3. The first-order valence-corrected chi connectivity index (χ1v) is 7.10. The third kappa shape index (κ3) is 2.16. The zero-order valence-corrected chi connectivity index (χ0v) is 12.0. The molecule has 0 amide bonds. The molecule has 0 aliphatic carbocycles. The van der Waals surface area contributed by atoms with Gasteiger partial charge in [0, 0.05) is 35.7 Å². The van der Waals surface area contributed by atoms with Crippen LogP contribution in [0.1, 0.15) is 30.2 Å². The molecule has 4 heteroatoms. The van der Waals surface area contributed by atoms with Gasteiger partial charge in [0.05, 0.1) is 0 Å². The third-order valence-electron chi connectivity index (χ3n) is 4.03. The summed E-state index contributed by atoms with van der Waals surface area (Å²) in [6.45, 7) is 4.71. The molecule has 1 aromatic carbocycles. The topological polar surface area (TPSA) is 55.0 Å². The van der Waals surface area contributed by atoms with E-state index in [9.17, 15) is 0 Å². The molecule has 0 fully saturated rings. The molecule has 4 nitrogen and oxygen atoms in total. The lowest BCUT2D eigenvalue weighted by Gasteiger charge is -2.35. The summed E-state index contributed by atoms with van der Waals surface area (Å²) in [5, 5.41) is 0. The minimum absolute atomic E-state index is 0.410. The fraction of sp³-hybridized carbons (Fsp3) is 0.375. The summed E-state index contributed by atoms with van der Waals surface area (Å²) >= 11 is 0. The van der Waals surface area contributed by atoms with Crippen molar-refractivity contribution in [3.63, 3.8) is 0 Å². The van der Waals surface area contributed by atoms with E-state index in [2.05, 4.69) is 46.1 Å². The van der Waals surface area contributed by atoms with Gasteiger partial charge in [0.25, 0.3) is 0 Å². The highest BCUT2D eigenvalue weighted by Gasteiger charge is 2.26. The number of fused-ring (bicyclic) bond motifs is 1. The largest absolute Gasteiger partial charge is 0.326 e. The summed E-state index contributed by atoms with van der Waals surface area (Å²) in [5.74, 6) is 0.777. The minimum Gasteiger partial charge on any atom is -0.326 e. The second-order valence-electron chi connectivity index (χ2n) is 5.37. The summed E-state index contributed by atoms with van der Waals surface area (Å²) in [6.07, 6.45) is 4.09. The first-order valence-electron chi connectivity index (χ1n) is 7.10. The van der Waals surface area contributed by atoms with Crippen LogP contribution in [0.5, 0.6) is 0 Å². The van der Waals surface area contributed by atoms with E-state index in [4.69, 9.17) is 5.73 Å². The normalized spacial score (nSPS) is 17.9. The molecule has 1 atom stereocenters. The maximum absolute atomic E-state index is 5.69. The van der Waals surface area contributed by atoms with E-state index in [1.165, 1.54) is 11.3 Å². The maximum Gasteiger partial charge on any atom is 0.230 e. The zero-order chi connectivity index (χ0) is 14.1. The number of benzene rings is 1. The van der Waals surface area contributed by atoms with Gasteiger partial charge >= 0.3 is 0 Å². The monoisotopic (exact) mass is 268 g/mol. The van der Waals surface area contributed by atoms with Gasteiger partial charge in [-0.3, -0.25) is 0 Å². The molecule has 20 heavy (non-hydrogen) atoms. The van der Waals surface area contributed by atoms with E-state index >= 15 is 0 Å². The molecule has 2 aromatic rings. The Morgan fingerprint density at radius 1 is 1.35 bits per heavy atom. The van der Waals surface area contributed by atoms with E-state index in [0.29, 0.717) is 12.6 Å². The van der Waals surface area contributed by atoms with Gasteiger partial charge in [-0.2, -0.15) is 0 Å². The SMILES string of the molecule is Cc1nc(N2c3ccccc3CCC2C)ncc1CN. The Kier molecular flexibility index (Phi) is 3.40. The summed E-state index contributed by atoms with van der Waals surface area (Å²) in [5.41, 5.74) is 10.3. The molecule has 2 heterocycles. The van der Waals surface area contributed by atoms with Crippen molar-refractivity contribution in [2.45, 2.75) is 39.3 Å². The Labute approximate surface area is 119 Å².